The molecule has 2 aromatic rings. The summed E-state index contributed by atoms with van der Waals surface area (Å²) in [7, 11) is 0. The van der Waals surface area contributed by atoms with Crippen molar-refractivity contribution in [2.24, 2.45) is 0 Å². The quantitative estimate of drug-likeness (QED) is 0.805. The van der Waals surface area contributed by atoms with Gasteiger partial charge in [-0.3, -0.25) is 4.98 Å². The van der Waals surface area contributed by atoms with Gasteiger partial charge in [0, 0.05) is 10.7 Å². The second kappa shape index (κ2) is 5.25. The number of nitrogens with one attached hydrogen (secondary N) is 1. The molecule has 3 N–H and O–H groups in total. The fraction of sp³-hybridized carbons (Fsp3) is 0. The van der Waals surface area contributed by atoms with Crippen LogP contribution in [0.4, 0.5) is 17.1 Å². The van der Waals surface area contributed by atoms with Crippen LogP contribution in [0.3, 0.4) is 0 Å². The Hall–Kier alpha value is -0.780. The van der Waals surface area contributed by atoms with Gasteiger partial charge < -0.3 is 11.1 Å². The lowest BCUT2D eigenvalue weighted by atomic mass is 10.3. The molecule has 2 rings (SSSR count). The van der Waals surface area contributed by atoms with Crippen molar-refractivity contribution in [3.05, 3.63) is 44.6 Å². The first-order valence-corrected chi connectivity index (χ1v) is 6.65. The molecule has 0 aliphatic heterocycles. The monoisotopic (exact) mass is 375 g/mol. The Morgan fingerprint density at radius 3 is 2.65 bits per heavy atom. The summed E-state index contributed by atoms with van der Waals surface area (Å²) >= 11 is 12.9. The summed E-state index contributed by atoms with van der Waals surface area (Å²) in [5, 5.41) is 3.78. The molecule has 0 bridgehead atoms. The van der Waals surface area contributed by atoms with Crippen LogP contribution in [0, 0.1) is 0 Å². The molecule has 0 radical (unpaired) electrons. The van der Waals surface area contributed by atoms with E-state index in [1.54, 1.807) is 12.4 Å². The SMILES string of the molecule is Nc1cncc(Br)c1Nc1ccc(Br)cc1Cl. The van der Waals surface area contributed by atoms with Gasteiger partial charge in [0.1, 0.15) is 0 Å². The lowest BCUT2D eigenvalue weighted by Crippen LogP contribution is -1.98. The van der Waals surface area contributed by atoms with Gasteiger partial charge in [-0.2, -0.15) is 0 Å². The molecule has 1 heterocycles. The van der Waals surface area contributed by atoms with E-state index < -0.39 is 0 Å². The van der Waals surface area contributed by atoms with E-state index in [0.29, 0.717) is 10.7 Å². The number of hydrogen-bond donors (Lipinski definition) is 2. The van der Waals surface area contributed by atoms with Crippen molar-refractivity contribution in [1.29, 1.82) is 0 Å². The Labute approximate surface area is 121 Å². The Balaban J connectivity index is 2.38. The number of rotatable bonds is 2. The molecule has 0 aliphatic carbocycles. The molecule has 0 amide bonds. The number of benzene rings is 1. The Morgan fingerprint density at radius 2 is 2.00 bits per heavy atom. The molecule has 3 nitrogen and oxygen atoms in total. The molecule has 1 aromatic carbocycles. The highest BCUT2D eigenvalue weighted by molar-refractivity contribution is 9.10. The van der Waals surface area contributed by atoms with Gasteiger partial charge in [0.15, 0.2) is 0 Å². The van der Waals surface area contributed by atoms with Crippen molar-refractivity contribution >= 4 is 60.5 Å². The minimum atomic E-state index is 0.554. The number of nitrogen functional groups attached to an aromatic ring is 1. The van der Waals surface area contributed by atoms with E-state index in [-0.39, 0.29) is 0 Å². The molecule has 88 valence electrons. The van der Waals surface area contributed by atoms with Crippen molar-refractivity contribution in [3.8, 4) is 0 Å². The standard InChI is InChI=1S/C11H8Br2ClN3/c12-6-1-2-10(8(14)3-6)17-11-7(13)4-16-5-9(11)15/h1-5H,15H2,(H,16,17). The van der Waals surface area contributed by atoms with E-state index in [9.17, 15) is 0 Å². The third kappa shape index (κ3) is 2.91. The molecule has 0 saturated heterocycles. The molecule has 0 aliphatic rings. The van der Waals surface area contributed by atoms with Gasteiger partial charge >= 0.3 is 0 Å². The molecular formula is C11H8Br2ClN3. The predicted molar refractivity (Wildman–Crippen MR) is 78.8 cm³/mol. The van der Waals surface area contributed by atoms with Gasteiger partial charge in [0.25, 0.3) is 0 Å². The zero-order valence-electron chi connectivity index (χ0n) is 8.55. The van der Waals surface area contributed by atoms with Crippen molar-refractivity contribution in [3.63, 3.8) is 0 Å². The van der Waals surface area contributed by atoms with Gasteiger partial charge in [0.2, 0.25) is 0 Å². The highest BCUT2D eigenvalue weighted by Crippen LogP contribution is 2.34. The van der Waals surface area contributed by atoms with Gasteiger partial charge in [-0.25, -0.2) is 0 Å². The van der Waals surface area contributed by atoms with Crippen LogP contribution in [-0.2, 0) is 0 Å². The smallest absolute Gasteiger partial charge is 0.0794 e. The first-order chi connectivity index (χ1) is 8.08. The first kappa shape index (κ1) is 12.7. The zero-order valence-corrected chi connectivity index (χ0v) is 12.5. The second-order valence-electron chi connectivity index (χ2n) is 3.33. The number of halogens is 3. The Kier molecular flexibility index (Phi) is 3.91. The van der Waals surface area contributed by atoms with E-state index in [1.807, 2.05) is 18.2 Å². The van der Waals surface area contributed by atoms with E-state index >= 15 is 0 Å². The Morgan fingerprint density at radius 1 is 1.24 bits per heavy atom. The largest absolute Gasteiger partial charge is 0.396 e. The van der Waals surface area contributed by atoms with Crippen LogP contribution in [0.1, 0.15) is 0 Å². The van der Waals surface area contributed by atoms with Crippen LogP contribution in [0.2, 0.25) is 5.02 Å². The van der Waals surface area contributed by atoms with Crippen LogP contribution < -0.4 is 11.1 Å². The van der Waals surface area contributed by atoms with Gasteiger partial charge in [0.05, 0.1) is 32.8 Å². The molecule has 0 spiro atoms. The zero-order chi connectivity index (χ0) is 12.4. The maximum atomic E-state index is 6.12. The van der Waals surface area contributed by atoms with Crippen molar-refractivity contribution in [2.75, 3.05) is 11.1 Å². The van der Waals surface area contributed by atoms with E-state index in [1.165, 1.54) is 0 Å². The van der Waals surface area contributed by atoms with Gasteiger partial charge in [-0.1, -0.05) is 27.5 Å². The second-order valence-corrected chi connectivity index (χ2v) is 5.51. The minimum Gasteiger partial charge on any atom is -0.396 e. The minimum absolute atomic E-state index is 0.554. The maximum absolute atomic E-state index is 6.12. The van der Waals surface area contributed by atoms with Crippen LogP contribution in [0.15, 0.2) is 39.5 Å². The highest BCUT2D eigenvalue weighted by atomic mass is 79.9. The lowest BCUT2D eigenvalue weighted by Gasteiger charge is -2.12. The molecule has 0 saturated carbocycles. The number of hydrogen-bond acceptors (Lipinski definition) is 3. The van der Waals surface area contributed by atoms with Crippen LogP contribution in [0.5, 0.6) is 0 Å². The molecule has 6 heteroatoms. The topological polar surface area (TPSA) is 50.9 Å². The fourth-order valence-corrected chi connectivity index (χ4v) is 2.47. The average molecular weight is 377 g/mol. The third-order valence-electron chi connectivity index (χ3n) is 2.12. The van der Waals surface area contributed by atoms with Crippen molar-refractivity contribution in [1.82, 2.24) is 4.98 Å². The molecular weight excluding hydrogens is 369 g/mol. The van der Waals surface area contributed by atoms with E-state index in [4.69, 9.17) is 17.3 Å². The molecule has 0 fully saturated rings. The summed E-state index contributed by atoms with van der Waals surface area (Å²) in [6, 6.07) is 5.59. The summed E-state index contributed by atoms with van der Waals surface area (Å²) in [6.07, 6.45) is 3.26. The number of nitrogens with zero attached hydrogens (tertiary/aromatic N) is 1. The van der Waals surface area contributed by atoms with Crippen molar-refractivity contribution in [2.45, 2.75) is 0 Å². The van der Waals surface area contributed by atoms with Gasteiger partial charge in [-0.05, 0) is 34.1 Å². The fourth-order valence-electron chi connectivity index (χ4n) is 1.31. The number of nitrogens with two attached hydrogens (primary N) is 1. The molecule has 17 heavy (non-hydrogen) atoms. The summed E-state index contributed by atoms with van der Waals surface area (Å²) in [5.41, 5.74) is 7.94. The first-order valence-electron chi connectivity index (χ1n) is 4.69. The van der Waals surface area contributed by atoms with Crippen molar-refractivity contribution < 1.29 is 0 Å². The summed E-state index contributed by atoms with van der Waals surface area (Å²) in [4.78, 5) is 3.97. The summed E-state index contributed by atoms with van der Waals surface area (Å²) < 4.78 is 1.71. The van der Waals surface area contributed by atoms with Crippen LogP contribution in [0.25, 0.3) is 0 Å². The summed E-state index contributed by atoms with van der Waals surface area (Å²) in [6.45, 7) is 0. The average Bonchev–Trinajstić information content (AvgIpc) is 2.26. The third-order valence-corrected chi connectivity index (χ3v) is 3.53. The van der Waals surface area contributed by atoms with Crippen LogP contribution >= 0.6 is 43.5 Å². The molecule has 0 atom stereocenters. The van der Waals surface area contributed by atoms with Gasteiger partial charge in [-0.15, -0.1) is 0 Å². The maximum Gasteiger partial charge on any atom is 0.0794 e. The Bertz CT molecular complexity index is 540. The van der Waals surface area contributed by atoms with Crippen LogP contribution in [-0.4, -0.2) is 4.98 Å². The highest BCUT2D eigenvalue weighted by Gasteiger charge is 2.07. The molecule has 0 unspecified atom stereocenters. The molecule has 1 aromatic heterocycles. The predicted octanol–water partition coefficient (Wildman–Crippen LogP) is 4.59. The number of pyridine rings is 1. The number of anilines is 3. The number of aromatic nitrogens is 1. The van der Waals surface area contributed by atoms with E-state index in [2.05, 4.69) is 42.2 Å². The van der Waals surface area contributed by atoms with E-state index in [0.717, 1.165) is 20.3 Å². The lowest BCUT2D eigenvalue weighted by molar-refractivity contribution is 1.31. The summed E-state index contributed by atoms with van der Waals surface area (Å²) in [5.74, 6) is 0. The normalized spacial score (nSPS) is 10.3.